The summed E-state index contributed by atoms with van der Waals surface area (Å²) in [4.78, 5) is 0. The van der Waals surface area contributed by atoms with Crippen LogP contribution in [0.15, 0.2) is 23.8 Å². The summed E-state index contributed by atoms with van der Waals surface area (Å²) < 4.78 is 0. The second-order valence-corrected chi connectivity index (χ2v) is 4.50. The molecule has 0 radical (unpaired) electrons. The first kappa shape index (κ1) is 10.5. The highest BCUT2D eigenvalue weighted by molar-refractivity contribution is 8.00. The van der Waals surface area contributed by atoms with E-state index in [1.54, 1.807) is 0 Å². The summed E-state index contributed by atoms with van der Waals surface area (Å²) in [5, 5.41) is 0.637. The first-order chi connectivity index (χ1) is 6.29. The minimum Gasteiger partial charge on any atom is -0.141 e. The Hall–Kier alpha value is -0.610. The van der Waals surface area contributed by atoms with Gasteiger partial charge in [-0.25, -0.2) is 0 Å². The minimum atomic E-state index is 0.637. The number of thioether (sulfide) groups is 1. The summed E-state index contributed by atoms with van der Waals surface area (Å²) in [5.41, 5.74) is 2.92. The molecule has 0 aromatic heterocycles. The fourth-order valence-corrected chi connectivity index (χ4v) is 2.75. The van der Waals surface area contributed by atoms with Crippen LogP contribution in [0.5, 0.6) is 0 Å². The van der Waals surface area contributed by atoms with Crippen LogP contribution in [0.4, 0.5) is 0 Å². The number of allylic oxidation sites excluding steroid dienone is 2. The zero-order valence-corrected chi connectivity index (χ0v) is 8.99. The van der Waals surface area contributed by atoms with Gasteiger partial charge in [0.2, 0.25) is 0 Å². The summed E-state index contributed by atoms with van der Waals surface area (Å²) in [6, 6.07) is 0. The molecule has 0 amide bonds. The van der Waals surface area contributed by atoms with Crippen LogP contribution in [-0.4, -0.2) is 11.0 Å². The molecule has 0 heterocycles. The van der Waals surface area contributed by atoms with Crippen molar-refractivity contribution in [2.45, 2.75) is 31.4 Å². The average molecular weight is 192 g/mol. The first-order valence-corrected chi connectivity index (χ1v) is 5.71. The van der Waals surface area contributed by atoms with Gasteiger partial charge in [-0.3, -0.25) is 0 Å². The lowest BCUT2D eigenvalue weighted by molar-refractivity contribution is 0.695. The van der Waals surface area contributed by atoms with Crippen LogP contribution in [0.3, 0.4) is 0 Å². The van der Waals surface area contributed by atoms with Crippen molar-refractivity contribution in [3.8, 4) is 12.3 Å². The lowest BCUT2D eigenvalue weighted by Crippen LogP contribution is -2.12. The molecule has 0 aromatic rings. The molecule has 0 nitrogen and oxygen atoms in total. The number of rotatable bonds is 3. The van der Waals surface area contributed by atoms with E-state index in [1.807, 2.05) is 17.8 Å². The fraction of sp³-hybridized carbons (Fsp3) is 0.500. The first-order valence-electron chi connectivity index (χ1n) is 4.66. The van der Waals surface area contributed by atoms with E-state index in [9.17, 15) is 0 Å². The molecule has 1 unspecified atom stereocenters. The average Bonchev–Trinajstić information content (AvgIpc) is 2.16. The molecule has 0 bridgehead atoms. The normalized spacial score (nSPS) is 22.6. The van der Waals surface area contributed by atoms with Gasteiger partial charge in [-0.2, -0.15) is 0 Å². The highest BCUT2D eigenvalue weighted by Gasteiger charge is 2.17. The van der Waals surface area contributed by atoms with Gasteiger partial charge in [0.05, 0.1) is 5.75 Å². The van der Waals surface area contributed by atoms with Gasteiger partial charge in [0, 0.05) is 5.25 Å². The topological polar surface area (TPSA) is 0 Å². The van der Waals surface area contributed by atoms with Crippen molar-refractivity contribution in [1.29, 1.82) is 0 Å². The Morgan fingerprint density at radius 2 is 2.54 bits per heavy atom. The van der Waals surface area contributed by atoms with Crippen molar-refractivity contribution in [2.24, 2.45) is 0 Å². The zero-order chi connectivity index (χ0) is 9.68. The highest BCUT2D eigenvalue weighted by Crippen LogP contribution is 2.33. The molecule has 0 fully saturated rings. The fourth-order valence-electron chi connectivity index (χ4n) is 1.72. The summed E-state index contributed by atoms with van der Waals surface area (Å²) in [6.07, 6.45) is 11.0. The van der Waals surface area contributed by atoms with Gasteiger partial charge in [-0.15, -0.1) is 18.2 Å². The van der Waals surface area contributed by atoms with E-state index in [0.717, 1.165) is 5.75 Å². The molecule has 0 N–H and O–H groups in total. The van der Waals surface area contributed by atoms with Gasteiger partial charge in [0.25, 0.3) is 0 Å². The van der Waals surface area contributed by atoms with E-state index >= 15 is 0 Å². The van der Waals surface area contributed by atoms with Crippen molar-refractivity contribution in [1.82, 2.24) is 0 Å². The Kier molecular flexibility index (Phi) is 4.18. The molecule has 0 spiro atoms. The van der Waals surface area contributed by atoms with Gasteiger partial charge >= 0.3 is 0 Å². The summed E-state index contributed by atoms with van der Waals surface area (Å²) in [5.74, 6) is 3.51. The van der Waals surface area contributed by atoms with Gasteiger partial charge in [-0.1, -0.05) is 24.1 Å². The van der Waals surface area contributed by atoms with Crippen LogP contribution in [0, 0.1) is 12.3 Å². The molecular weight excluding hydrogens is 176 g/mol. The Morgan fingerprint density at radius 1 is 1.77 bits per heavy atom. The van der Waals surface area contributed by atoms with Crippen molar-refractivity contribution in [3.63, 3.8) is 0 Å². The molecule has 1 atom stereocenters. The molecule has 1 aliphatic rings. The van der Waals surface area contributed by atoms with Gasteiger partial charge in [-0.05, 0) is 31.8 Å². The van der Waals surface area contributed by atoms with Crippen LogP contribution in [0.2, 0.25) is 0 Å². The van der Waals surface area contributed by atoms with Gasteiger partial charge < -0.3 is 0 Å². The Balaban J connectivity index is 2.65. The third kappa shape index (κ3) is 2.67. The Bertz CT molecular complexity index is 255. The third-order valence-corrected chi connectivity index (χ3v) is 3.84. The van der Waals surface area contributed by atoms with E-state index in [0.29, 0.717) is 5.25 Å². The zero-order valence-electron chi connectivity index (χ0n) is 8.18. The molecular formula is C12H16S. The quantitative estimate of drug-likeness (QED) is 0.617. The molecule has 0 aromatic carbocycles. The van der Waals surface area contributed by atoms with Crippen LogP contribution < -0.4 is 0 Å². The van der Waals surface area contributed by atoms with Crippen LogP contribution in [-0.2, 0) is 0 Å². The standard InChI is InChI=1S/C12H16S/c1-4-9-13-12-8-6-7-11(5-2)10(12)3/h1,5,12H,2,6-9H2,3H3. The maximum Gasteiger partial charge on any atom is 0.0550 e. The molecule has 1 rings (SSSR count). The second-order valence-electron chi connectivity index (χ2n) is 3.31. The lowest BCUT2D eigenvalue weighted by Gasteiger charge is -2.24. The second kappa shape index (κ2) is 5.19. The molecule has 1 heteroatoms. The van der Waals surface area contributed by atoms with Crippen LogP contribution in [0.25, 0.3) is 0 Å². The Morgan fingerprint density at radius 3 is 3.15 bits per heavy atom. The van der Waals surface area contributed by atoms with E-state index in [4.69, 9.17) is 6.42 Å². The highest BCUT2D eigenvalue weighted by atomic mass is 32.2. The van der Waals surface area contributed by atoms with E-state index in [1.165, 1.54) is 30.4 Å². The lowest BCUT2D eigenvalue weighted by atomic mass is 9.92. The summed E-state index contributed by atoms with van der Waals surface area (Å²) >= 11 is 1.88. The Labute approximate surface area is 85.5 Å². The summed E-state index contributed by atoms with van der Waals surface area (Å²) in [7, 11) is 0. The maximum absolute atomic E-state index is 5.25. The molecule has 0 saturated heterocycles. The molecule has 1 aliphatic carbocycles. The van der Waals surface area contributed by atoms with Crippen molar-refractivity contribution in [2.75, 3.05) is 5.75 Å². The van der Waals surface area contributed by atoms with Gasteiger partial charge in [0.1, 0.15) is 0 Å². The van der Waals surface area contributed by atoms with E-state index in [-0.39, 0.29) is 0 Å². The smallest absolute Gasteiger partial charge is 0.0550 e. The third-order valence-electron chi connectivity index (χ3n) is 2.52. The number of hydrogen-bond acceptors (Lipinski definition) is 1. The summed E-state index contributed by atoms with van der Waals surface area (Å²) in [6.45, 7) is 6.05. The van der Waals surface area contributed by atoms with Crippen LogP contribution >= 0.6 is 11.8 Å². The molecule has 70 valence electrons. The SMILES string of the molecule is C#CCSC1CCCC(C=C)=C1C. The minimum absolute atomic E-state index is 0.637. The van der Waals surface area contributed by atoms with E-state index in [2.05, 4.69) is 19.4 Å². The predicted octanol–water partition coefficient (Wildman–Crippen LogP) is 3.41. The van der Waals surface area contributed by atoms with Crippen LogP contribution in [0.1, 0.15) is 26.2 Å². The number of terminal acetylenes is 1. The monoisotopic (exact) mass is 192 g/mol. The maximum atomic E-state index is 5.25. The number of hydrogen-bond donors (Lipinski definition) is 0. The van der Waals surface area contributed by atoms with Gasteiger partial charge in [0.15, 0.2) is 0 Å². The van der Waals surface area contributed by atoms with Crippen molar-refractivity contribution < 1.29 is 0 Å². The molecule has 0 aliphatic heterocycles. The largest absolute Gasteiger partial charge is 0.141 e. The van der Waals surface area contributed by atoms with Crippen molar-refractivity contribution >= 4 is 11.8 Å². The van der Waals surface area contributed by atoms with E-state index < -0.39 is 0 Å². The van der Waals surface area contributed by atoms with Crippen molar-refractivity contribution in [3.05, 3.63) is 23.8 Å². The molecule has 13 heavy (non-hydrogen) atoms. The predicted molar refractivity (Wildman–Crippen MR) is 61.8 cm³/mol. The molecule has 0 saturated carbocycles.